The minimum Gasteiger partial charge on any atom is -0.465 e. The van der Waals surface area contributed by atoms with E-state index in [2.05, 4.69) is 19.6 Å². The van der Waals surface area contributed by atoms with Crippen LogP contribution in [0.2, 0.25) is 0 Å². The fourth-order valence-electron chi connectivity index (χ4n) is 2.85. The van der Waals surface area contributed by atoms with Crippen molar-refractivity contribution >= 4 is 29.0 Å². The zero-order chi connectivity index (χ0) is 19.2. The lowest BCUT2D eigenvalue weighted by Gasteiger charge is -2.07. The molecule has 2 aromatic carbocycles. The second-order valence-corrected chi connectivity index (χ2v) is 6.04. The minimum atomic E-state index is -0.384. The molecule has 0 aliphatic heterocycles. The van der Waals surface area contributed by atoms with Crippen molar-refractivity contribution in [1.82, 2.24) is 14.9 Å². The number of fused-ring (bicyclic) bond motifs is 1. The number of imidazole rings is 1. The molecule has 1 heterocycles. The van der Waals surface area contributed by atoms with E-state index >= 15 is 0 Å². The van der Waals surface area contributed by atoms with Gasteiger partial charge in [0.25, 0.3) is 0 Å². The SMILES string of the molecule is COC(=O)c1ccc(/C=C/C(=O)NCCn2c(C)nc3ccccc32)cc1. The van der Waals surface area contributed by atoms with Crippen molar-refractivity contribution in [3.05, 3.63) is 71.6 Å². The maximum absolute atomic E-state index is 12.0. The molecule has 0 saturated heterocycles. The number of carbonyl (C=O) groups is 2. The highest BCUT2D eigenvalue weighted by Gasteiger charge is 2.06. The Bertz CT molecular complexity index is 988. The Hall–Kier alpha value is -3.41. The summed E-state index contributed by atoms with van der Waals surface area (Å²) in [4.78, 5) is 27.9. The number of esters is 1. The van der Waals surface area contributed by atoms with Gasteiger partial charge < -0.3 is 14.6 Å². The van der Waals surface area contributed by atoms with Gasteiger partial charge in [-0.2, -0.15) is 0 Å². The Kier molecular flexibility index (Phi) is 5.66. The predicted octanol–water partition coefficient (Wildman–Crippen LogP) is 2.96. The number of amides is 1. The number of nitrogens with zero attached hydrogens (tertiary/aromatic N) is 2. The van der Waals surface area contributed by atoms with Crippen molar-refractivity contribution in [2.75, 3.05) is 13.7 Å². The zero-order valence-corrected chi connectivity index (χ0v) is 15.3. The Morgan fingerprint density at radius 1 is 1.15 bits per heavy atom. The first-order chi connectivity index (χ1) is 13.1. The number of hydrogen-bond acceptors (Lipinski definition) is 4. The van der Waals surface area contributed by atoms with Gasteiger partial charge in [0.2, 0.25) is 5.91 Å². The highest BCUT2D eigenvalue weighted by atomic mass is 16.5. The van der Waals surface area contributed by atoms with Crippen LogP contribution < -0.4 is 5.32 Å². The molecule has 0 saturated carbocycles. The second kappa shape index (κ2) is 8.31. The molecule has 1 aromatic heterocycles. The number of para-hydroxylation sites is 2. The molecule has 6 nitrogen and oxygen atoms in total. The Balaban J connectivity index is 1.54. The molecule has 1 amide bonds. The van der Waals surface area contributed by atoms with E-state index in [0.717, 1.165) is 22.4 Å². The highest BCUT2D eigenvalue weighted by molar-refractivity contribution is 5.92. The molecular formula is C21H21N3O3. The summed E-state index contributed by atoms with van der Waals surface area (Å²) in [5.41, 5.74) is 3.32. The molecule has 0 atom stereocenters. The summed E-state index contributed by atoms with van der Waals surface area (Å²) in [6, 6.07) is 14.8. The first kappa shape index (κ1) is 18.4. The number of benzene rings is 2. The van der Waals surface area contributed by atoms with Crippen molar-refractivity contribution in [3.63, 3.8) is 0 Å². The largest absolute Gasteiger partial charge is 0.465 e. The molecule has 0 aliphatic rings. The maximum Gasteiger partial charge on any atom is 0.337 e. The molecule has 0 unspecified atom stereocenters. The molecule has 0 aliphatic carbocycles. The van der Waals surface area contributed by atoms with Crippen LogP contribution in [0.3, 0.4) is 0 Å². The van der Waals surface area contributed by atoms with E-state index in [1.165, 1.54) is 13.2 Å². The number of rotatable bonds is 6. The molecule has 6 heteroatoms. The quantitative estimate of drug-likeness (QED) is 0.540. The summed E-state index contributed by atoms with van der Waals surface area (Å²) >= 11 is 0. The van der Waals surface area contributed by atoms with Crippen molar-refractivity contribution in [2.24, 2.45) is 0 Å². The summed E-state index contributed by atoms with van der Waals surface area (Å²) in [5.74, 6) is 0.367. The molecule has 0 radical (unpaired) electrons. The van der Waals surface area contributed by atoms with Gasteiger partial charge in [-0.3, -0.25) is 4.79 Å². The molecule has 3 rings (SSSR count). The van der Waals surface area contributed by atoms with Crippen LogP contribution in [0.15, 0.2) is 54.6 Å². The van der Waals surface area contributed by atoms with Crippen LogP contribution in [0.4, 0.5) is 0 Å². The van der Waals surface area contributed by atoms with Gasteiger partial charge in [-0.15, -0.1) is 0 Å². The van der Waals surface area contributed by atoms with Crippen molar-refractivity contribution in [3.8, 4) is 0 Å². The number of hydrogen-bond donors (Lipinski definition) is 1. The van der Waals surface area contributed by atoms with Crippen molar-refractivity contribution in [2.45, 2.75) is 13.5 Å². The molecular weight excluding hydrogens is 342 g/mol. The predicted molar refractivity (Wildman–Crippen MR) is 104 cm³/mol. The third-order valence-electron chi connectivity index (χ3n) is 4.24. The van der Waals surface area contributed by atoms with Gasteiger partial charge in [0.15, 0.2) is 0 Å². The first-order valence-electron chi connectivity index (χ1n) is 8.64. The number of aryl methyl sites for hydroxylation is 1. The van der Waals surface area contributed by atoms with E-state index in [-0.39, 0.29) is 11.9 Å². The van der Waals surface area contributed by atoms with E-state index < -0.39 is 0 Å². The number of aromatic nitrogens is 2. The average molecular weight is 363 g/mol. The fourth-order valence-corrected chi connectivity index (χ4v) is 2.85. The molecule has 27 heavy (non-hydrogen) atoms. The lowest BCUT2D eigenvalue weighted by atomic mass is 10.1. The molecule has 3 aromatic rings. The number of ether oxygens (including phenoxy) is 1. The lowest BCUT2D eigenvalue weighted by Crippen LogP contribution is -2.25. The molecule has 0 fully saturated rings. The van der Waals surface area contributed by atoms with Gasteiger partial charge in [-0.1, -0.05) is 24.3 Å². The fraction of sp³-hybridized carbons (Fsp3) is 0.190. The summed E-state index contributed by atoms with van der Waals surface area (Å²) < 4.78 is 6.75. The maximum atomic E-state index is 12.0. The normalized spacial score (nSPS) is 11.0. The van der Waals surface area contributed by atoms with Crippen LogP contribution in [0.25, 0.3) is 17.1 Å². The molecule has 0 bridgehead atoms. The number of nitrogens with one attached hydrogen (secondary N) is 1. The number of methoxy groups -OCH3 is 1. The summed E-state index contributed by atoms with van der Waals surface area (Å²) in [5, 5.41) is 2.87. The van der Waals surface area contributed by atoms with Crippen LogP contribution >= 0.6 is 0 Å². The minimum absolute atomic E-state index is 0.172. The lowest BCUT2D eigenvalue weighted by molar-refractivity contribution is -0.116. The van der Waals surface area contributed by atoms with E-state index in [9.17, 15) is 9.59 Å². The Morgan fingerprint density at radius 2 is 1.89 bits per heavy atom. The van der Waals surface area contributed by atoms with Gasteiger partial charge in [-0.25, -0.2) is 9.78 Å². The van der Waals surface area contributed by atoms with Gasteiger partial charge in [-0.05, 0) is 42.8 Å². The third kappa shape index (κ3) is 4.41. The molecule has 138 valence electrons. The zero-order valence-electron chi connectivity index (χ0n) is 15.3. The first-order valence-corrected chi connectivity index (χ1v) is 8.64. The standard InChI is InChI=1S/C21H21N3O3/c1-15-23-18-5-3-4-6-19(18)24(15)14-13-22-20(25)12-9-16-7-10-17(11-8-16)21(26)27-2/h3-12H,13-14H2,1-2H3,(H,22,25)/b12-9+. The van der Waals surface area contributed by atoms with Crippen LogP contribution in [0.1, 0.15) is 21.7 Å². The molecule has 1 N–H and O–H groups in total. The van der Waals surface area contributed by atoms with Crippen LogP contribution in [-0.4, -0.2) is 35.1 Å². The van der Waals surface area contributed by atoms with Gasteiger partial charge in [0.1, 0.15) is 5.82 Å². The van der Waals surface area contributed by atoms with Crippen LogP contribution in [0.5, 0.6) is 0 Å². The van der Waals surface area contributed by atoms with Crippen molar-refractivity contribution < 1.29 is 14.3 Å². The van der Waals surface area contributed by atoms with E-state index in [4.69, 9.17) is 0 Å². The monoisotopic (exact) mass is 363 g/mol. The Labute approximate surface area is 157 Å². The number of carbonyl (C=O) groups excluding carboxylic acids is 2. The van der Waals surface area contributed by atoms with Crippen molar-refractivity contribution in [1.29, 1.82) is 0 Å². The highest BCUT2D eigenvalue weighted by Crippen LogP contribution is 2.14. The van der Waals surface area contributed by atoms with Crippen LogP contribution in [-0.2, 0) is 16.1 Å². The molecule has 0 spiro atoms. The van der Waals surface area contributed by atoms with Gasteiger partial charge in [0.05, 0.1) is 23.7 Å². The van der Waals surface area contributed by atoms with E-state index in [1.54, 1.807) is 30.3 Å². The van der Waals surface area contributed by atoms with Crippen LogP contribution in [0, 0.1) is 6.92 Å². The summed E-state index contributed by atoms with van der Waals surface area (Å²) in [7, 11) is 1.34. The summed E-state index contributed by atoms with van der Waals surface area (Å²) in [6.45, 7) is 3.12. The van der Waals surface area contributed by atoms with Gasteiger partial charge in [0, 0.05) is 19.2 Å². The third-order valence-corrected chi connectivity index (χ3v) is 4.24. The Morgan fingerprint density at radius 3 is 2.63 bits per heavy atom. The smallest absolute Gasteiger partial charge is 0.337 e. The van der Waals surface area contributed by atoms with Gasteiger partial charge >= 0.3 is 5.97 Å². The van der Waals surface area contributed by atoms with E-state index in [0.29, 0.717) is 18.7 Å². The van der Waals surface area contributed by atoms with E-state index in [1.807, 2.05) is 31.2 Å². The second-order valence-electron chi connectivity index (χ2n) is 6.04. The summed E-state index contributed by atoms with van der Waals surface area (Å²) in [6.07, 6.45) is 3.18. The average Bonchev–Trinajstić information content (AvgIpc) is 3.01. The topological polar surface area (TPSA) is 73.2 Å².